The Balaban J connectivity index is 1.44. The maximum absolute atomic E-state index is 12.1. The van der Waals surface area contributed by atoms with Gasteiger partial charge in [0.1, 0.15) is 17.2 Å². The molecule has 0 aromatic heterocycles. The molecular weight excluding hydrogens is 318 g/mol. The Morgan fingerprint density at radius 2 is 1.56 bits per heavy atom. The average molecular weight is 341 g/mol. The molecular formula is C20H23NO4. The number of carbonyl (C=O) groups excluding carboxylic acids is 1. The molecule has 0 spiro atoms. The summed E-state index contributed by atoms with van der Waals surface area (Å²) >= 11 is 0. The highest BCUT2D eigenvalue weighted by Crippen LogP contribution is 2.19. The van der Waals surface area contributed by atoms with Gasteiger partial charge < -0.3 is 19.1 Å². The molecule has 2 aromatic rings. The van der Waals surface area contributed by atoms with Crippen molar-refractivity contribution in [1.29, 1.82) is 0 Å². The van der Waals surface area contributed by atoms with Crippen molar-refractivity contribution in [2.24, 2.45) is 0 Å². The van der Waals surface area contributed by atoms with E-state index < -0.39 is 5.97 Å². The van der Waals surface area contributed by atoms with Gasteiger partial charge in [-0.2, -0.15) is 0 Å². The van der Waals surface area contributed by atoms with Crippen LogP contribution in [0.25, 0.3) is 0 Å². The van der Waals surface area contributed by atoms with E-state index in [1.165, 1.54) is 19.6 Å². The van der Waals surface area contributed by atoms with Crippen LogP contribution in [0.2, 0.25) is 0 Å². The number of nitrogens with zero attached hydrogens (tertiary/aromatic N) is 1. The van der Waals surface area contributed by atoms with Gasteiger partial charge >= 0.3 is 5.97 Å². The molecule has 0 aliphatic carbocycles. The monoisotopic (exact) mass is 341 g/mol. The largest absolute Gasteiger partial charge is 0.497 e. The van der Waals surface area contributed by atoms with Crippen molar-refractivity contribution in [3.63, 3.8) is 0 Å². The smallest absolute Gasteiger partial charge is 0.343 e. The predicted octanol–water partition coefficient (Wildman–Crippen LogP) is 3.39. The molecule has 0 N–H and O–H groups in total. The highest BCUT2D eigenvalue weighted by Gasteiger charge is 2.15. The van der Waals surface area contributed by atoms with E-state index in [4.69, 9.17) is 14.2 Å². The molecule has 132 valence electrons. The lowest BCUT2D eigenvalue weighted by Crippen LogP contribution is -2.08. The zero-order chi connectivity index (χ0) is 17.5. The summed E-state index contributed by atoms with van der Waals surface area (Å²) in [6.07, 6.45) is 2.20. The fourth-order valence-electron chi connectivity index (χ4n) is 2.42. The molecule has 0 unspecified atom stereocenters. The summed E-state index contributed by atoms with van der Waals surface area (Å²) in [5, 5.41) is 0. The van der Waals surface area contributed by atoms with E-state index in [-0.39, 0.29) is 0 Å². The molecule has 1 aliphatic heterocycles. The molecule has 1 saturated heterocycles. The second-order valence-corrected chi connectivity index (χ2v) is 5.99. The molecule has 25 heavy (non-hydrogen) atoms. The van der Waals surface area contributed by atoms with Crippen LogP contribution in [-0.4, -0.2) is 44.2 Å². The summed E-state index contributed by atoms with van der Waals surface area (Å²) in [6.45, 7) is 4.35. The van der Waals surface area contributed by atoms with Crippen LogP contribution in [0.15, 0.2) is 48.5 Å². The Morgan fingerprint density at radius 1 is 0.920 bits per heavy atom. The van der Waals surface area contributed by atoms with Crippen molar-refractivity contribution in [2.75, 3.05) is 33.4 Å². The van der Waals surface area contributed by atoms with Crippen molar-refractivity contribution in [3.8, 4) is 17.2 Å². The number of methoxy groups -OCH3 is 1. The highest BCUT2D eigenvalue weighted by molar-refractivity contribution is 5.91. The van der Waals surface area contributed by atoms with E-state index in [0.29, 0.717) is 17.9 Å². The van der Waals surface area contributed by atoms with Crippen LogP contribution >= 0.6 is 0 Å². The zero-order valence-corrected chi connectivity index (χ0v) is 14.4. The van der Waals surface area contributed by atoms with Crippen molar-refractivity contribution >= 4 is 5.97 Å². The van der Waals surface area contributed by atoms with E-state index in [0.717, 1.165) is 24.3 Å². The molecule has 3 rings (SSSR count). The van der Waals surface area contributed by atoms with Crippen LogP contribution in [0.4, 0.5) is 0 Å². The fraction of sp³-hybridized carbons (Fsp3) is 0.350. The number of benzene rings is 2. The first kappa shape index (κ1) is 17.3. The standard InChI is InChI=1S/C20H23NO4/c1-23-17-8-10-19(11-9-17)25-20(22)16-4-6-18(7-5-16)24-15-3-2-12-21-13-14-21/h4-11H,2-3,12-15H2,1H3. The van der Waals surface area contributed by atoms with Crippen LogP contribution in [0.3, 0.4) is 0 Å². The predicted molar refractivity (Wildman–Crippen MR) is 95.6 cm³/mol. The number of hydrogen-bond acceptors (Lipinski definition) is 5. The maximum atomic E-state index is 12.1. The van der Waals surface area contributed by atoms with Gasteiger partial charge in [0.15, 0.2) is 0 Å². The molecule has 1 fully saturated rings. The van der Waals surface area contributed by atoms with Crippen molar-refractivity contribution in [2.45, 2.75) is 12.8 Å². The third-order valence-electron chi connectivity index (χ3n) is 4.04. The summed E-state index contributed by atoms with van der Waals surface area (Å²) in [5.74, 6) is 1.58. The molecule has 1 heterocycles. The van der Waals surface area contributed by atoms with Gasteiger partial charge in [-0.3, -0.25) is 0 Å². The Bertz CT molecular complexity index is 678. The highest BCUT2D eigenvalue weighted by atomic mass is 16.5. The first-order valence-electron chi connectivity index (χ1n) is 8.56. The van der Waals surface area contributed by atoms with Crippen LogP contribution in [-0.2, 0) is 0 Å². The van der Waals surface area contributed by atoms with E-state index in [2.05, 4.69) is 4.90 Å². The number of rotatable bonds is 9. The summed E-state index contributed by atoms with van der Waals surface area (Å²) in [7, 11) is 1.59. The van der Waals surface area contributed by atoms with Crippen molar-refractivity contribution in [3.05, 3.63) is 54.1 Å². The number of hydrogen-bond donors (Lipinski definition) is 0. The first-order valence-corrected chi connectivity index (χ1v) is 8.56. The molecule has 2 aromatic carbocycles. The Kier molecular flexibility index (Phi) is 5.90. The molecule has 0 saturated carbocycles. The molecule has 0 bridgehead atoms. The van der Waals surface area contributed by atoms with Gasteiger partial charge in [0.2, 0.25) is 0 Å². The normalized spacial score (nSPS) is 13.3. The van der Waals surface area contributed by atoms with Gasteiger partial charge in [0.25, 0.3) is 0 Å². The Morgan fingerprint density at radius 3 is 2.20 bits per heavy atom. The van der Waals surface area contributed by atoms with E-state index in [9.17, 15) is 4.79 Å². The second kappa shape index (κ2) is 8.53. The molecule has 5 nitrogen and oxygen atoms in total. The van der Waals surface area contributed by atoms with E-state index in [1.54, 1.807) is 55.6 Å². The summed E-state index contributed by atoms with van der Waals surface area (Å²) in [6, 6.07) is 13.9. The van der Waals surface area contributed by atoms with Gasteiger partial charge in [0, 0.05) is 13.1 Å². The molecule has 5 heteroatoms. The van der Waals surface area contributed by atoms with Crippen molar-refractivity contribution < 1.29 is 19.0 Å². The minimum atomic E-state index is -0.393. The van der Waals surface area contributed by atoms with Crippen molar-refractivity contribution in [1.82, 2.24) is 4.90 Å². The second-order valence-electron chi connectivity index (χ2n) is 5.99. The third kappa shape index (κ3) is 5.50. The summed E-state index contributed by atoms with van der Waals surface area (Å²) in [5.41, 5.74) is 0.490. The number of unbranched alkanes of at least 4 members (excludes halogenated alkanes) is 1. The first-order chi connectivity index (χ1) is 12.2. The summed E-state index contributed by atoms with van der Waals surface area (Å²) in [4.78, 5) is 14.6. The summed E-state index contributed by atoms with van der Waals surface area (Å²) < 4.78 is 16.1. The van der Waals surface area contributed by atoms with E-state index >= 15 is 0 Å². The van der Waals surface area contributed by atoms with Gasteiger partial charge in [-0.15, -0.1) is 0 Å². The van der Waals surface area contributed by atoms with Crippen LogP contribution in [0.5, 0.6) is 17.2 Å². The van der Waals surface area contributed by atoms with Crippen LogP contribution in [0.1, 0.15) is 23.2 Å². The number of ether oxygens (including phenoxy) is 3. The average Bonchev–Trinajstić information content (AvgIpc) is 3.47. The van der Waals surface area contributed by atoms with Crippen LogP contribution < -0.4 is 14.2 Å². The maximum Gasteiger partial charge on any atom is 0.343 e. The lowest BCUT2D eigenvalue weighted by atomic mass is 10.2. The number of esters is 1. The number of carbonyl (C=O) groups is 1. The molecule has 1 aliphatic rings. The molecule has 0 radical (unpaired) electrons. The minimum absolute atomic E-state index is 0.393. The van der Waals surface area contributed by atoms with E-state index in [1.807, 2.05) is 0 Å². The lowest BCUT2D eigenvalue weighted by molar-refractivity contribution is 0.0734. The topological polar surface area (TPSA) is 47.8 Å². The molecule has 0 atom stereocenters. The third-order valence-corrected chi connectivity index (χ3v) is 4.04. The zero-order valence-electron chi connectivity index (χ0n) is 14.4. The van der Waals surface area contributed by atoms with Gasteiger partial charge in [-0.05, 0) is 67.9 Å². The lowest BCUT2D eigenvalue weighted by Gasteiger charge is -2.08. The minimum Gasteiger partial charge on any atom is -0.497 e. The molecule has 0 amide bonds. The van der Waals surface area contributed by atoms with Gasteiger partial charge in [0.05, 0.1) is 19.3 Å². The van der Waals surface area contributed by atoms with Crippen LogP contribution in [0, 0.1) is 0 Å². The van der Waals surface area contributed by atoms with Gasteiger partial charge in [-0.25, -0.2) is 4.79 Å². The Hall–Kier alpha value is -2.53. The quantitative estimate of drug-likeness (QED) is 0.303. The fourth-order valence-corrected chi connectivity index (χ4v) is 2.42. The SMILES string of the molecule is COc1ccc(OC(=O)c2ccc(OCCCCN3CC3)cc2)cc1. The van der Waals surface area contributed by atoms with Gasteiger partial charge in [-0.1, -0.05) is 0 Å². The Labute approximate surface area is 148 Å².